The Bertz CT molecular complexity index is 1060. The van der Waals surface area contributed by atoms with Gasteiger partial charge in [-0.25, -0.2) is 0 Å². The molecule has 1 aromatic heterocycles. The average Bonchev–Trinajstić information content (AvgIpc) is 3.53. The maximum atomic E-state index is 5.44. The van der Waals surface area contributed by atoms with Gasteiger partial charge < -0.3 is 9.64 Å². The number of nitrogens with zero attached hydrogens (tertiary/aromatic N) is 5. The number of rotatable bonds is 7. The molecule has 33 heavy (non-hydrogen) atoms. The van der Waals surface area contributed by atoms with Crippen molar-refractivity contribution in [2.75, 3.05) is 57.8 Å². The van der Waals surface area contributed by atoms with Gasteiger partial charge in [-0.3, -0.25) is 20.3 Å². The molecular weight excluding hydrogens is 414 g/mol. The van der Waals surface area contributed by atoms with Crippen molar-refractivity contribution in [2.24, 2.45) is 4.99 Å². The van der Waals surface area contributed by atoms with E-state index >= 15 is 0 Å². The lowest BCUT2D eigenvalue weighted by Crippen LogP contribution is -2.43. The minimum atomic E-state index is 0.112. The monoisotopic (exact) mass is 445 g/mol. The largest absolute Gasteiger partial charge is 0.379 e. The van der Waals surface area contributed by atoms with Crippen LogP contribution in [0, 0.1) is 0 Å². The SMILES string of the molecule is CC(c1ccc(-c2ccccc2)cc1)c1nc(NC2=NCCN2CCN2CCOCC2)n[nH]1. The Kier molecular flexibility index (Phi) is 6.64. The van der Waals surface area contributed by atoms with Crippen LogP contribution in [-0.4, -0.2) is 83.4 Å². The summed E-state index contributed by atoms with van der Waals surface area (Å²) < 4.78 is 5.44. The molecular formula is C25H31N7O. The lowest BCUT2D eigenvalue weighted by molar-refractivity contribution is 0.0362. The smallest absolute Gasteiger partial charge is 0.248 e. The van der Waals surface area contributed by atoms with Gasteiger partial charge in [-0.05, 0) is 16.7 Å². The summed E-state index contributed by atoms with van der Waals surface area (Å²) >= 11 is 0. The molecule has 2 N–H and O–H groups in total. The maximum absolute atomic E-state index is 5.44. The average molecular weight is 446 g/mol. The summed E-state index contributed by atoms with van der Waals surface area (Å²) in [6, 6.07) is 19.1. The summed E-state index contributed by atoms with van der Waals surface area (Å²) in [4.78, 5) is 14.0. The van der Waals surface area contributed by atoms with Gasteiger partial charge in [-0.15, -0.1) is 5.10 Å². The van der Waals surface area contributed by atoms with E-state index in [0.717, 1.165) is 64.3 Å². The Morgan fingerprint density at radius 2 is 1.73 bits per heavy atom. The fraction of sp³-hybridized carbons (Fsp3) is 0.400. The van der Waals surface area contributed by atoms with E-state index in [1.54, 1.807) is 0 Å². The van der Waals surface area contributed by atoms with Crippen LogP contribution in [0.5, 0.6) is 0 Å². The molecule has 3 aromatic rings. The van der Waals surface area contributed by atoms with E-state index in [1.807, 2.05) is 6.07 Å². The number of hydrogen-bond donors (Lipinski definition) is 2. The molecule has 1 atom stereocenters. The van der Waals surface area contributed by atoms with Crippen molar-refractivity contribution in [1.82, 2.24) is 25.0 Å². The molecule has 2 aliphatic rings. The van der Waals surface area contributed by atoms with Gasteiger partial charge in [0.1, 0.15) is 5.82 Å². The lowest BCUT2D eigenvalue weighted by Gasteiger charge is -2.29. The predicted molar refractivity (Wildman–Crippen MR) is 131 cm³/mol. The minimum absolute atomic E-state index is 0.112. The number of guanidine groups is 1. The lowest BCUT2D eigenvalue weighted by atomic mass is 9.97. The summed E-state index contributed by atoms with van der Waals surface area (Å²) in [5.41, 5.74) is 3.63. The molecule has 0 radical (unpaired) electrons. The topological polar surface area (TPSA) is 81.7 Å². The molecule has 0 aliphatic carbocycles. The van der Waals surface area contributed by atoms with E-state index in [2.05, 4.69) is 85.8 Å². The first-order valence-corrected chi connectivity index (χ1v) is 11.7. The summed E-state index contributed by atoms with van der Waals surface area (Å²) in [6.07, 6.45) is 0. The molecule has 0 bridgehead atoms. The van der Waals surface area contributed by atoms with Crippen molar-refractivity contribution in [3.05, 3.63) is 66.0 Å². The van der Waals surface area contributed by atoms with E-state index in [4.69, 9.17) is 9.72 Å². The van der Waals surface area contributed by atoms with Crippen LogP contribution in [-0.2, 0) is 4.74 Å². The molecule has 0 amide bonds. The zero-order valence-electron chi connectivity index (χ0n) is 19.1. The van der Waals surface area contributed by atoms with E-state index in [9.17, 15) is 0 Å². The minimum Gasteiger partial charge on any atom is -0.379 e. The van der Waals surface area contributed by atoms with Gasteiger partial charge in [0, 0.05) is 38.6 Å². The third-order valence-corrected chi connectivity index (χ3v) is 6.38. The Balaban J connectivity index is 1.19. The number of benzene rings is 2. The van der Waals surface area contributed by atoms with Crippen LogP contribution in [0.3, 0.4) is 0 Å². The molecule has 0 saturated carbocycles. The van der Waals surface area contributed by atoms with Crippen LogP contribution in [0.15, 0.2) is 59.6 Å². The van der Waals surface area contributed by atoms with Crippen LogP contribution in [0.4, 0.5) is 5.95 Å². The highest BCUT2D eigenvalue weighted by Gasteiger charge is 2.21. The predicted octanol–water partition coefficient (Wildman–Crippen LogP) is 3.04. The third-order valence-electron chi connectivity index (χ3n) is 6.38. The number of aliphatic imine (C=N–C) groups is 1. The van der Waals surface area contributed by atoms with Crippen LogP contribution >= 0.6 is 0 Å². The zero-order chi connectivity index (χ0) is 22.5. The van der Waals surface area contributed by atoms with E-state index in [1.165, 1.54) is 16.7 Å². The van der Waals surface area contributed by atoms with Crippen LogP contribution < -0.4 is 5.32 Å². The second-order valence-corrected chi connectivity index (χ2v) is 8.53. The van der Waals surface area contributed by atoms with Crippen molar-refractivity contribution in [3.63, 3.8) is 0 Å². The highest BCUT2D eigenvalue weighted by molar-refractivity contribution is 5.93. The summed E-state index contributed by atoms with van der Waals surface area (Å²) in [6.45, 7) is 9.47. The van der Waals surface area contributed by atoms with Gasteiger partial charge in [-0.2, -0.15) is 4.98 Å². The van der Waals surface area contributed by atoms with Gasteiger partial charge in [0.25, 0.3) is 0 Å². The van der Waals surface area contributed by atoms with E-state index in [0.29, 0.717) is 5.95 Å². The van der Waals surface area contributed by atoms with Crippen molar-refractivity contribution in [2.45, 2.75) is 12.8 Å². The second kappa shape index (κ2) is 10.1. The number of aromatic amines is 1. The number of hydrogen-bond acceptors (Lipinski definition) is 7. The Labute approximate surface area is 194 Å². The van der Waals surface area contributed by atoms with Crippen molar-refractivity contribution in [3.8, 4) is 11.1 Å². The Morgan fingerprint density at radius 1 is 0.970 bits per heavy atom. The highest BCUT2D eigenvalue weighted by atomic mass is 16.5. The van der Waals surface area contributed by atoms with Crippen LogP contribution in [0.1, 0.15) is 24.2 Å². The molecule has 8 nitrogen and oxygen atoms in total. The second-order valence-electron chi connectivity index (χ2n) is 8.53. The van der Waals surface area contributed by atoms with E-state index < -0.39 is 0 Å². The maximum Gasteiger partial charge on any atom is 0.248 e. The molecule has 172 valence electrons. The fourth-order valence-electron chi connectivity index (χ4n) is 4.28. The quantitative estimate of drug-likeness (QED) is 0.582. The molecule has 2 aromatic carbocycles. The van der Waals surface area contributed by atoms with Crippen LogP contribution in [0.2, 0.25) is 0 Å². The molecule has 8 heteroatoms. The van der Waals surface area contributed by atoms with Crippen molar-refractivity contribution < 1.29 is 4.74 Å². The van der Waals surface area contributed by atoms with Gasteiger partial charge >= 0.3 is 0 Å². The Morgan fingerprint density at radius 3 is 2.52 bits per heavy atom. The molecule has 1 fully saturated rings. The molecule has 1 saturated heterocycles. The number of morpholine rings is 1. The van der Waals surface area contributed by atoms with Crippen molar-refractivity contribution in [1.29, 1.82) is 0 Å². The standard InChI is InChI=1S/C25H31N7O/c1-19(20-7-9-22(10-8-20)21-5-3-2-4-6-21)23-27-24(30-29-23)28-25-26-11-12-32(25)14-13-31-15-17-33-18-16-31/h2-10,19H,11-18H2,1H3,(H2,26,27,28,29,30). The number of aromatic nitrogens is 3. The van der Waals surface area contributed by atoms with Gasteiger partial charge in [-0.1, -0.05) is 61.5 Å². The van der Waals surface area contributed by atoms with Gasteiger partial charge in [0.05, 0.1) is 19.8 Å². The first kappa shape index (κ1) is 21.6. The number of anilines is 1. The van der Waals surface area contributed by atoms with Gasteiger partial charge in [0.15, 0.2) is 0 Å². The molecule has 3 heterocycles. The van der Waals surface area contributed by atoms with E-state index in [-0.39, 0.29) is 5.92 Å². The summed E-state index contributed by atoms with van der Waals surface area (Å²) in [7, 11) is 0. The third kappa shape index (κ3) is 5.23. The highest BCUT2D eigenvalue weighted by Crippen LogP contribution is 2.25. The zero-order valence-corrected chi connectivity index (χ0v) is 19.1. The number of H-pyrrole nitrogens is 1. The number of nitrogens with one attached hydrogen (secondary N) is 2. The first-order chi connectivity index (χ1) is 16.3. The van der Waals surface area contributed by atoms with Crippen molar-refractivity contribution >= 4 is 11.9 Å². The summed E-state index contributed by atoms with van der Waals surface area (Å²) in [5.74, 6) is 2.37. The Hall–Kier alpha value is -3.23. The number of ether oxygens (including phenoxy) is 1. The first-order valence-electron chi connectivity index (χ1n) is 11.7. The van der Waals surface area contributed by atoms with Crippen LogP contribution in [0.25, 0.3) is 11.1 Å². The molecule has 0 spiro atoms. The molecule has 5 rings (SSSR count). The van der Waals surface area contributed by atoms with Gasteiger partial charge in [0.2, 0.25) is 11.9 Å². The molecule has 1 unspecified atom stereocenters. The fourth-order valence-corrected chi connectivity index (χ4v) is 4.28. The molecule has 2 aliphatic heterocycles. The summed E-state index contributed by atoms with van der Waals surface area (Å²) in [5, 5.41) is 10.8. The normalized spacial score (nSPS) is 17.7.